The number of halogens is 1. The van der Waals surface area contributed by atoms with Crippen LogP contribution in [0.1, 0.15) is 33.6 Å². The SMILES string of the molecule is CC(Cc1ccco1)NC(=O)c1ccccc1N(C)C(=O)c1ccc(Br)o1. The summed E-state index contributed by atoms with van der Waals surface area (Å²) in [7, 11) is 1.61. The van der Waals surface area contributed by atoms with Crippen LogP contribution in [0.2, 0.25) is 0 Å². The van der Waals surface area contributed by atoms with E-state index in [1.54, 1.807) is 49.7 Å². The number of amides is 2. The largest absolute Gasteiger partial charge is 0.469 e. The van der Waals surface area contributed by atoms with Gasteiger partial charge in [0.2, 0.25) is 0 Å². The van der Waals surface area contributed by atoms with Gasteiger partial charge in [-0.3, -0.25) is 9.59 Å². The summed E-state index contributed by atoms with van der Waals surface area (Å²) >= 11 is 3.19. The summed E-state index contributed by atoms with van der Waals surface area (Å²) in [6.45, 7) is 1.90. The molecule has 3 aromatic rings. The number of hydrogen-bond acceptors (Lipinski definition) is 4. The van der Waals surface area contributed by atoms with Gasteiger partial charge in [0.25, 0.3) is 11.8 Å². The molecule has 0 saturated carbocycles. The molecule has 3 rings (SSSR count). The quantitative estimate of drug-likeness (QED) is 0.633. The second kappa shape index (κ2) is 8.26. The van der Waals surface area contributed by atoms with E-state index >= 15 is 0 Å². The molecule has 2 heterocycles. The number of anilines is 1. The fourth-order valence-corrected chi connectivity index (χ4v) is 3.05. The number of carbonyl (C=O) groups is 2. The minimum Gasteiger partial charge on any atom is -0.469 e. The first kappa shape index (κ1) is 19.0. The zero-order chi connectivity index (χ0) is 19.4. The summed E-state index contributed by atoms with van der Waals surface area (Å²) in [4.78, 5) is 26.8. The predicted octanol–water partition coefficient (Wildman–Crippen LogP) is 4.27. The highest BCUT2D eigenvalue weighted by Crippen LogP contribution is 2.23. The van der Waals surface area contributed by atoms with E-state index in [1.165, 1.54) is 4.90 Å². The Bertz CT molecular complexity index is 933. The van der Waals surface area contributed by atoms with E-state index in [0.717, 1.165) is 5.76 Å². The lowest BCUT2D eigenvalue weighted by molar-refractivity contribution is 0.0939. The molecule has 1 N–H and O–H groups in total. The second-order valence-corrected chi connectivity index (χ2v) is 6.92. The van der Waals surface area contributed by atoms with Crippen molar-refractivity contribution in [2.24, 2.45) is 0 Å². The number of benzene rings is 1. The molecule has 0 aliphatic carbocycles. The molecule has 0 spiro atoms. The Hall–Kier alpha value is -2.80. The smallest absolute Gasteiger partial charge is 0.293 e. The van der Waals surface area contributed by atoms with Crippen molar-refractivity contribution in [2.45, 2.75) is 19.4 Å². The average Bonchev–Trinajstić information content (AvgIpc) is 3.32. The second-order valence-electron chi connectivity index (χ2n) is 6.14. The molecule has 6 nitrogen and oxygen atoms in total. The maximum atomic E-state index is 12.8. The van der Waals surface area contributed by atoms with E-state index in [1.807, 2.05) is 19.1 Å². The average molecular weight is 431 g/mol. The van der Waals surface area contributed by atoms with Crippen molar-refractivity contribution in [1.82, 2.24) is 5.32 Å². The summed E-state index contributed by atoms with van der Waals surface area (Å²) in [5, 5.41) is 2.94. The minimum atomic E-state index is -0.343. The molecule has 0 aliphatic rings. The van der Waals surface area contributed by atoms with Gasteiger partial charge in [0.15, 0.2) is 10.4 Å². The van der Waals surface area contributed by atoms with Crippen LogP contribution in [-0.4, -0.2) is 24.9 Å². The first-order valence-corrected chi connectivity index (χ1v) is 9.20. The molecule has 0 aliphatic heterocycles. The lowest BCUT2D eigenvalue weighted by atomic mass is 10.1. The van der Waals surface area contributed by atoms with E-state index < -0.39 is 0 Å². The molecule has 0 saturated heterocycles. The molecular formula is C20H19BrN2O4. The number of rotatable bonds is 6. The zero-order valence-electron chi connectivity index (χ0n) is 14.9. The Morgan fingerprint density at radius 3 is 2.59 bits per heavy atom. The Labute approximate surface area is 165 Å². The normalized spacial score (nSPS) is 11.8. The fourth-order valence-electron chi connectivity index (χ4n) is 2.75. The molecule has 0 radical (unpaired) electrons. The van der Waals surface area contributed by atoms with Crippen molar-refractivity contribution in [3.05, 3.63) is 76.5 Å². The summed E-state index contributed by atoms with van der Waals surface area (Å²) in [6.07, 6.45) is 2.18. The van der Waals surface area contributed by atoms with Crippen LogP contribution in [-0.2, 0) is 6.42 Å². The minimum absolute atomic E-state index is 0.126. The molecule has 1 aromatic carbocycles. The fraction of sp³-hybridized carbons (Fsp3) is 0.200. The zero-order valence-corrected chi connectivity index (χ0v) is 16.5. The summed E-state index contributed by atoms with van der Waals surface area (Å²) in [5.41, 5.74) is 0.906. The highest BCUT2D eigenvalue weighted by atomic mass is 79.9. The highest BCUT2D eigenvalue weighted by Gasteiger charge is 2.22. The van der Waals surface area contributed by atoms with Crippen molar-refractivity contribution >= 4 is 33.4 Å². The monoisotopic (exact) mass is 430 g/mol. The van der Waals surface area contributed by atoms with Gasteiger partial charge in [-0.05, 0) is 59.3 Å². The standard InChI is InChI=1S/C20H19BrN2O4/c1-13(12-14-6-5-11-26-14)22-19(24)15-7-3-4-8-16(15)23(2)20(25)17-9-10-18(21)27-17/h3-11,13H,12H2,1-2H3,(H,22,24). The number of nitrogens with zero attached hydrogens (tertiary/aromatic N) is 1. The van der Waals surface area contributed by atoms with Crippen LogP contribution in [0.5, 0.6) is 0 Å². The lowest BCUT2D eigenvalue weighted by Gasteiger charge is -2.20. The number of carbonyl (C=O) groups excluding carboxylic acids is 2. The molecule has 0 bridgehead atoms. The predicted molar refractivity (Wildman–Crippen MR) is 105 cm³/mol. The molecule has 0 fully saturated rings. The van der Waals surface area contributed by atoms with Crippen molar-refractivity contribution in [2.75, 3.05) is 11.9 Å². The van der Waals surface area contributed by atoms with E-state index in [0.29, 0.717) is 22.3 Å². The molecule has 7 heteroatoms. The van der Waals surface area contributed by atoms with Crippen molar-refractivity contribution in [3.63, 3.8) is 0 Å². The number of para-hydroxylation sites is 1. The summed E-state index contributed by atoms with van der Waals surface area (Å²) in [5.74, 6) is 0.382. The third kappa shape index (κ3) is 4.49. The van der Waals surface area contributed by atoms with Gasteiger partial charge in [-0.2, -0.15) is 0 Å². The summed E-state index contributed by atoms with van der Waals surface area (Å²) in [6, 6.07) is 13.7. The van der Waals surface area contributed by atoms with E-state index in [9.17, 15) is 9.59 Å². The van der Waals surface area contributed by atoms with Gasteiger partial charge in [-0.1, -0.05) is 12.1 Å². The van der Waals surface area contributed by atoms with Crippen molar-refractivity contribution in [1.29, 1.82) is 0 Å². The highest BCUT2D eigenvalue weighted by molar-refractivity contribution is 9.10. The van der Waals surface area contributed by atoms with E-state index in [2.05, 4.69) is 21.2 Å². The molecule has 2 amide bonds. The van der Waals surface area contributed by atoms with Gasteiger partial charge >= 0.3 is 0 Å². The van der Waals surface area contributed by atoms with Crippen LogP contribution < -0.4 is 10.2 Å². The third-order valence-electron chi connectivity index (χ3n) is 4.06. The van der Waals surface area contributed by atoms with Crippen LogP contribution in [0, 0.1) is 0 Å². The number of furan rings is 2. The Kier molecular flexibility index (Phi) is 5.81. The maximum absolute atomic E-state index is 12.8. The van der Waals surface area contributed by atoms with Gasteiger partial charge in [-0.25, -0.2) is 0 Å². The number of nitrogens with one attached hydrogen (secondary N) is 1. The van der Waals surface area contributed by atoms with Crippen LogP contribution in [0.25, 0.3) is 0 Å². The third-order valence-corrected chi connectivity index (χ3v) is 4.49. The maximum Gasteiger partial charge on any atom is 0.293 e. The molecule has 1 atom stereocenters. The molecule has 2 aromatic heterocycles. The van der Waals surface area contributed by atoms with Crippen LogP contribution in [0.15, 0.2) is 68.3 Å². The van der Waals surface area contributed by atoms with Crippen LogP contribution >= 0.6 is 15.9 Å². The van der Waals surface area contributed by atoms with Crippen molar-refractivity contribution in [3.8, 4) is 0 Å². The summed E-state index contributed by atoms with van der Waals surface area (Å²) < 4.78 is 11.1. The Morgan fingerprint density at radius 1 is 1.15 bits per heavy atom. The first-order valence-electron chi connectivity index (χ1n) is 8.41. The Balaban J connectivity index is 1.76. The van der Waals surface area contributed by atoms with Gasteiger partial charge in [0.05, 0.1) is 17.5 Å². The lowest BCUT2D eigenvalue weighted by Crippen LogP contribution is -2.36. The van der Waals surface area contributed by atoms with E-state index in [-0.39, 0.29) is 23.6 Å². The van der Waals surface area contributed by atoms with Gasteiger partial charge in [-0.15, -0.1) is 0 Å². The Morgan fingerprint density at radius 2 is 1.93 bits per heavy atom. The molecular weight excluding hydrogens is 412 g/mol. The topological polar surface area (TPSA) is 75.7 Å². The van der Waals surface area contributed by atoms with E-state index in [4.69, 9.17) is 8.83 Å². The molecule has 27 heavy (non-hydrogen) atoms. The van der Waals surface area contributed by atoms with Gasteiger partial charge in [0.1, 0.15) is 5.76 Å². The van der Waals surface area contributed by atoms with Crippen LogP contribution in [0.4, 0.5) is 5.69 Å². The van der Waals surface area contributed by atoms with Crippen molar-refractivity contribution < 1.29 is 18.4 Å². The van der Waals surface area contributed by atoms with Gasteiger partial charge in [0, 0.05) is 19.5 Å². The van der Waals surface area contributed by atoms with Gasteiger partial charge < -0.3 is 19.1 Å². The first-order chi connectivity index (χ1) is 13.0. The van der Waals surface area contributed by atoms with Crippen LogP contribution in [0.3, 0.4) is 0 Å². The number of hydrogen-bond donors (Lipinski definition) is 1. The molecule has 1 unspecified atom stereocenters. The molecule has 140 valence electrons.